The van der Waals surface area contributed by atoms with Crippen LogP contribution < -0.4 is 5.32 Å². The Hall–Kier alpha value is -2.99. The fraction of sp³-hybridized carbons (Fsp3) is 0.190. The molecule has 0 saturated heterocycles. The first-order valence-electron chi connectivity index (χ1n) is 8.61. The summed E-state index contributed by atoms with van der Waals surface area (Å²) in [5, 5.41) is 5.52. The molecule has 0 atom stereocenters. The van der Waals surface area contributed by atoms with Crippen LogP contribution in [-0.4, -0.2) is 28.7 Å². The van der Waals surface area contributed by atoms with Gasteiger partial charge in [0.05, 0.1) is 12.1 Å². The lowest BCUT2D eigenvalue weighted by atomic mass is 10.2. The molecule has 0 bridgehead atoms. The summed E-state index contributed by atoms with van der Waals surface area (Å²) >= 11 is 1.51. The minimum absolute atomic E-state index is 0.0386. The summed E-state index contributed by atoms with van der Waals surface area (Å²) in [6.07, 6.45) is 0.282. The Balaban J connectivity index is 1.61. The molecule has 3 aromatic rings. The van der Waals surface area contributed by atoms with Crippen molar-refractivity contribution in [2.45, 2.75) is 19.9 Å². The van der Waals surface area contributed by atoms with Crippen LogP contribution in [0.25, 0.3) is 10.6 Å². The zero-order valence-corrected chi connectivity index (χ0v) is 16.1. The van der Waals surface area contributed by atoms with Gasteiger partial charge in [-0.25, -0.2) is 4.98 Å². The number of likely N-dealkylation sites (N-methyl/N-ethyl adjacent to an activating group) is 1. The third-order valence-electron chi connectivity index (χ3n) is 4.02. The second-order valence-corrected chi connectivity index (χ2v) is 7.17. The van der Waals surface area contributed by atoms with Gasteiger partial charge < -0.3 is 10.2 Å². The van der Waals surface area contributed by atoms with Crippen LogP contribution in [0.2, 0.25) is 0 Å². The normalized spacial score (nSPS) is 10.4. The highest BCUT2D eigenvalue weighted by Crippen LogP contribution is 2.25. The summed E-state index contributed by atoms with van der Waals surface area (Å²) in [5.41, 5.74) is 3.59. The quantitative estimate of drug-likeness (QED) is 0.705. The number of hydrogen-bond acceptors (Lipinski definition) is 4. The number of rotatable bonds is 6. The Kier molecular flexibility index (Phi) is 5.98. The van der Waals surface area contributed by atoms with Gasteiger partial charge in [0.25, 0.3) is 0 Å². The van der Waals surface area contributed by atoms with E-state index in [9.17, 15) is 9.59 Å². The second-order valence-electron chi connectivity index (χ2n) is 6.31. The van der Waals surface area contributed by atoms with Crippen LogP contribution in [0.3, 0.4) is 0 Å². The van der Waals surface area contributed by atoms with Gasteiger partial charge in [0.2, 0.25) is 11.8 Å². The summed E-state index contributed by atoms with van der Waals surface area (Å²) in [7, 11) is 1.81. The number of hydrogen-bond donors (Lipinski definition) is 1. The zero-order chi connectivity index (χ0) is 19.2. The molecule has 2 aromatic carbocycles. The van der Waals surface area contributed by atoms with Crippen molar-refractivity contribution in [2.75, 3.05) is 12.4 Å². The standard InChI is InChI=1S/C21H21N3O2S/c1-15(25)22-18-10-8-17(9-11-18)21-23-19(14-27-21)12-20(26)24(2)13-16-6-4-3-5-7-16/h3-11,14H,12-13H2,1-2H3,(H,22,25). The molecule has 2 amide bonds. The fourth-order valence-electron chi connectivity index (χ4n) is 2.66. The molecule has 5 nitrogen and oxygen atoms in total. The summed E-state index contributed by atoms with van der Waals surface area (Å²) in [5.74, 6) is -0.0610. The largest absolute Gasteiger partial charge is 0.341 e. The van der Waals surface area contributed by atoms with E-state index < -0.39 is 0 Å². The van der Waals surface area contributed by atoms with E-state index in [2.05, 4.69) is 10.3 Å². The number of nitrogens with zero attached hydrogens (tertiary/aromatic N) is 2. The maximum absolute atomic E-state index is 12.5. The number of carbonyl (C=O) groups excluding carboxylic acids is 2. The molecule has 0 aliphatic carbocycles. The Labute approximate surface area is 162 Å². The lowest BCUT2D eigenvalue weighted by Gasteiger charge is -2.16. The molecule has 0 fully saturated rings. The van der Waals surface area contributed by atoms with Crippen LogP contribution in [0.15, 0.2) is 60.0 Å². The molecule has 1 N–H and O–H groups in total. The molecular weight excluding hydrogens is 358 g/mol. The fourth-order valence-corrected chi connectivity index (χ4v) is 3.48. The molecule has 1 heterocycles. The van der Waals surface area contributed by atoms with E-state index in [1.54, 1.807) is 4.90 Å². The SMILES string of the molecule is CC(=O)Nc1ccc(-c2nc(CC(=O)N(C)Cc3ccccc3)cs2)cc1. The molecular formula is C21H21N3O2S. The zero-order valence-electron chi connectivity index (χ0n) is 15.3. The molecule has 1 aromatic heterocycles. The maximum Gasteiger partial charge on any atom is 0.228 e. The van der Waals surface area contributed by atoms with E-state index in [-0.39, 0.29) is 18.2 Å². The van der Waals surface area contributed by atoms with E-state index in [1.165, 1.54) is 18.3 Å². The molecule has 0 radical (unpaired) electrons. The van der Waals surface area contributed by atoms with Crippen molar-refractivity contribution in [3.05, 3.63) is 71.2 Å². The number of carbonyl (C=O) groups is 2. The van der Waals surface area contributed by atoms with Gasteiger partial charge in [-0.15, -0.1) is 11.3 Å². The Morgan fingerprint density at radius 1 is 1.07 bits per heavy atom. The van der Waals surface area contributed by atoms with Gasteiger partial charge >= 0.3 is 0 Å². The van der Waals surface area contributed by atoms with Gasteiger partial charge in [0.1, 0.15) is 5.01 Å². The van der Waals surface area contributed by atoms with Crippen LogP contribution in [0.4, 0.5) is 5.69 Å². The topological polar surface area (TPSA) is 62.3 Å². The number of aromatic nitrogens is 1. The van der Waals surface area contributed by atoms with E-state index in [0.717, 1.165) is 27.5 Å². The lowest BCUT2D eigenvalue weighted by Crippen LogP contribution is -2.27. The van der Waals surface area contributed by atoms with E-state index in [0.29, 0.717) is 6.54 Å². The molecule has 0 aliphatic rings. The van der Waals surface area contributed by atoms with Crippen LogP contribution in [0, 0.1) is 0 Å². The van der Waals surface area contributed by atoms with Crippen LogP contribution in [0.1, 0.15) is 18.2 Å². The molecule has 0 spiro atoms. The average molecular weight is 379 g/mol. The number of nitrogens with one attached hydrogen (secondary N) is 1. The van der Waals surface area contributed by atoms with E-state index >= 15 is 0 Å². The second kappa shape index (κ2) is 8.60. The number of amides is 2. The Morgan fingerprint density at radius 3 is 2.44 bits per heavy atom. The van der Waals surface area contributed by atoms with Gasteiger partial charge in [0, 0.05) is 37.1 Å². The van der Waals surface area contributed by atoms with Gasteiger partial charge in [-0.05, 0) is 29.8 Å². The molecule has 0 saturated carbocycles. The third kappa shape index (κ3) is 5.24. The van der Waals surface area contributed by atoms with Crippen molar-refractivity contribution in [3.8, 4) is 10.6 Å². The summed E-state index contributed by atoms with van der Waals surface area (Å²) in [6, 6.07) is 17.4. The van der Waals surface area contributed by atoms with Gasteiger partial charge in [-0.2, -0.15) is 0 Å². The van der Waals surface area contributed by atoms with Crippen LogP contribution in [0.5, 0.6) is 0 Å². The van der Waals surface area contributed by atoms with Crippen molar-refractivity contribution in [1.29, 1.82) is 0 Å². The van der Waals surface area contributed by atoms with Gasteiger partial charge in [0.15, 0.2) is 0 Å². The monoisotopic (exact) mass is 379 g/mol. The van der Waals surface area contributed by atoms with Gasteiger partial charge in [-0.3, -0.25) is 9.59 Å². The van der Waals surface area contributed by atoms with Crippen molar-refractivity contribution < 1.29 is 9.59 Å². The van der Waals surface area contributed by atoms with Crippen molar-refractivity contribution in [2.24, 2.45) is 0 Å². The minimum Gasteiger partial charge on any atom is -0.341 e. The predicted molar refractivity (Wildman–Crippen MR) is 108 cm³/mol. The highest BCUT2D eigenvalue weighted by molar-refractivity contribution is 7.13. The first-order valence-corrected chi connectivity index (χ1v) is 9.49. The lowest BCUT2D eigenvalue weighted by molar-refractivity contribution is -0.129. The first-order chi connectivity index (χ1) is 13.0. The minimum atomic E-state index is -0.0996. The summed E-state index contributed by atoms with van der Waals surface area (Å²) in [6.45, 7) is 2.06. The van der Waals surface area contributed by atoms with Gasteiger partial charge in [-0.1, -0.05) is 30.3 Å². The molecule has 0 aliphatic heterocycles. The third-order valence-corrected chi connectivity index (χ3v) is 4.96. The highest BCUT2D eigenvalue weighted by Gasteiger charge is 2.13. The summed E-state index contributed by atoms with van der Waals surface area (Å²) < 4.78 is 0. The Morgan fingerprint density at radius 2 is 1.78 bits per heavy atom. The Bertz CT molecular complexity index is 920. The average Bonchev–Trinajstić information content (AvgIpc) is 3.11. The van der Waals surface area contributed by atoms with Crippen LogP contribution >= 0.6 is 11.3 Å². The highest BCUT2D eigenvalue weighted by atomic mass is 32.1. The van der Waals surface area contributed by atoms with Crippen LogP contribution in [-0.2, 0) is 22.6 Å². The molecule has 3 rings (SSSR count). The molecule has 6 heteroatoms. The molecule has 0 unspecified atom stereocenters. The smallest absolute Gasteiger partial charge is 0.228 e. The predicted octanol–water partition coefficient (Wildman–Crippen LogP) is 3.97. The molecule has 138 valence electrons. The number of benzene rings is 2. The maximum atomic E-state index is 12.5. The van der Waals surface area contributed by atoms with E-state index in [4.69, 9.17) is 0 Å². The van der Waals surface area contributed by atoms with Crippen molar-refractivity contribution in [3.63, 3.8) is 0 Å². The van der Waals surface area contributed by atoms with Crippen molar-refractivity contribution >= 4 is 28.8 Å². The first kappa shape index (κ1) is 18.8. The van der Waals surface area contributed by atoms with E-state index in [1.807, 2.05) is 67.0 Å². The molecule has 27 heavy (non-hydrogen) atoms. The number of thiazole rings is 1. The number of anilines is 1. The summed E-state index contributed by atoms with van der Waals surface area (Å²) in [4.78, 5) is 29.9. The van der Waals surface area contributed by atoms with Crippen molar-refractivity contribution in [1.82, 2.24) is 9.88 Å².